The number of ether oxygens (including phenoxy) is 1. The summed E-state index contributed by atoms with van der Waals surface area (Å²) in [4.78, 5) is 25.3. The van der Waals surface area contributed by atoms with Crippen molar-refractivity contribution >= 4 is 28.3 Å². The molecule has 0 radical (unpaired) electrons. The number of benzene rings is 2. The molecule has 0 unspecified atom stereocenters. The standard InChI is InChI=1S/C25H28N4O3/c1-3-4-9-17-32-27-24-19-11-5-7-13-21(19)29(25(24)30)18-23-26-20-12-6-8-14-22(20)28(23)15-10-16-31-2/h3,5-8,11-14H,1,4,9-10,15-18H2,2H3/b27-24+. The third kappa shape index (κ3) is 4.43. The maximum atomic E-state index is 13.3. The zero-order valence-corrected chi connectivity index (χ0v) is 18.4. The largest absolute Gasteiger partial charge is 0.395 e. The predicted molar refractivity (Wildman–Crippen MR) is 126 cm³/mol. The molecule has 0 bridgehead atoms. The van der Waals surface area contributed by atoms with E-state index in [1.165, 1.54) is 0 Å². The molecule has 0 aliphatic carbocycles. The molecule has 0 atom stereocenters. The van der Waals surface area contributed by atoms with Crippen LogP contribution in [0.2, 0.25) is 0 Å². The molecule has 7 nitrogen and oxygen atoms in total. The summed E-state index contributed by atoms with van der Waals surface area (Å²) in [6, 6.07) is 15.7. The molecular weight excluding hydrogens is 404 g/mol. The minimum Gasteiger partial charge on any atom is -0.395 e. The number of carbonyl (C=O) groups is 1. The van der Waals surface area contributed by atoms with E-state index in [-0.39, 0.29) is 5.91 Å². The van der Waals surface area contributed by atoms with Crippen LogP contribution in [0.4, 0.5) is 5.69 Å². The second-order valence-corrected chi connectivity index (χ2v) is 7.63. The number of aromatic nitrogens is 2. The van der Waals surface area contributed by atoms with Gasteiger partial charge in [0.1, 0.15) is 12.4 Å². The molecule has 0 saturated heterocycles. The minimum absolute atomic E-state index is 0.176. The summed E-state index contributed by atoms with van der Waals surface area (Å²) in [7, 11) is 1.70. The highest BCUT2D eigenvalue weighted by Gasteiger charge is 2.35. The van der Waals surface area contributed by atoms with Crippen molar-refractivity contribution in [2.45, 2.75) is 32.4 Å². The lowest BCUT2D eigenvalue weighted by Gasteiger charge is -2.17. The number of amides is 1. The number of carbonyl (C=O) groups excluding carboxylic acids is 1. The van der Waals surface area contributed by atoms with Crippen LogP contribution in [0, 0.1) is 0 Å². The molecule has 3 aromatic rings. The van der Waals surface area contributed by atoms with Crippen molar-refractivity contribution in [2.75, 3.05) is 25.2 Å². The molecule has 2 aromatic carbocycles. The second kappa shape index (κ2) is 10.2. The zero-order valence-electron chi connectivity index (χ0n) is 18.4. The Bertz CT molecular complexity index is 1140. The van der Waals surface area contributed by atoms with E-state index in [0.717, 1.165) is 53.9 Å². The number of nitrogens with zero attached hydrogens (tertiary/aromatic N) is 4. The molecule has 4 rings (SSSR count). The van der Waals surface area contributed by atoms with Crippen LogP contribution in [0.5, 0.6) is 0 Å². The van der Waals surface area contributed by atoms with Crippen molar-refractivity contribution in [3.05, 3.63) is 72.6 Å². The fourth-order valence-corrected chi connectivity index (χ4v) is 3.91. The Balaban J connectivity index is 1.62. The monoisotopic (exact) mass is 432 g/mol. The van der Waals surface area contributed by atoms with Gasteiger partial charge in [0, 0.05) is 25.8 Å². The number of fused-ring (bicyclic) bond motifs is 2. The Hall–Kier alpha value is -3.45. The van der Waals surface area contributed by atoms with Crippen molar-refractivity contribution in [1.29, 1.82) is 0 Å². The van der Waals surface area contributed by atoms with Crippen molar-refractivity contribution in [3.8, 4) is 0 Å². The molecule has 0 fully saturated rings. The minimum atomic E-state index is -0.176. The van der Waals surface area contributed by atoms with Crippen molar-refractivity contribution in [2.24, 2.45) is 5.16 Å². The van der Waals surface area contributed by atoms with Crippen molar-refractivity contribution in [1.82, 2.24) is 9.55 Å². The van der Waals surface area contributed by atoms with Crippen LogP contribution in [0.1, 0.15) is 30.7 Å². The Morgan fingerprint density at radius 2 is 1.91 bits per heavy atom. The molecule has 2 heterocycles. The molecule has 0 spiro atoms. The van der Waals surface area contributed by atoms with Crippen LogP contribution in [0.25, 0.3) is 11.0 Å². The first-order valence-corrected chi connectivity index (χ1v) is 10.9. The van der Waals surface area contributed by atoms with Crippen LogP contribution in [0.3, 0.4) is 0 Å². The van der Waals surface area contributed by atoms with Gasteiger partial charge in [0.15, 0.2) is 5.71 Å². The lowest BCUT2D eigenvalue weighted by molar-refractivity contribution is -0.112. The van der Waals surface area contributed by atoms with Gasteiger partial charge in [-0.1, -0.05) is 41.6 Å². The number of hydrogen-bond acceptors (Lipinski definition) is 5. The third-order valence-electron chi connectivity index (χ3n) is 5.46. The fraction of sp³-hybridized carbons (Fsp3) is 0.320. The normalized spacial score (nSPS) is 14.3. The summed E-state index contributed by atoms with van der Waals surface area (Å²) in [5, 5.41) is 4.18. The number of methoxy groups -OCH3 is 1. The van der Waals surface area contributed by atoms with Gasteiger partial charge in [-0.25, -0.2) is 4.98 Å². The molecule has 0 saturated carbocycles. The van der Waals surface area contributed by atoms with Crippen molar-refractivity contribution in [3.63, 3.8) is 0 Å². The average Bonchev–Trinajstić information content (AvgIpc) is 3.29. The van der Waals surface area contributed by atoms with E-state index in [4.69, 9.17) is 14.6 Å². The Morgan fingerprint density at radius 1 is 1.09 bits per heavy atom. The first-order chi connectivity index (χ1) is 15.7. The van der Waals surface area contributed by atoms with E-state index in [9.17, 15) is 4.79 Å². The Labute approximate surface area is 187 Å². The Kier molecular flexibility index (Phi) is 6.97. The highest BCUT2D eigenvalue weighted by atomic mass is 16.6. The fourth-order valence-electron chi connectivity index (χ4n) is 3.91. The number of hydrogen-bond donors (Lipinski definition) is 0. The highest BCUT2D eigenvalue weighted by Crippen LogP contribution is 2.31. The molecule has 1 aliphatic heterocycles. The number of anilines is 1. The van der Waals surface area contributed by atoms with E-state index >= 15 is 0 Å². The van der Waals surface area contributed by atoms with Crippen LogP contribution in [0.15, 0.2) is 66.3 Å². The average molecular weight is 433 g/mol. The number of oxime groups is 1. The van der Waals surface area contributed by atoms with E-state index < -0.39 is 0 Å². The van der Waals surface area contributed by atoms with Gasteiger partial charge in [0.2, 0.25) is 0 Å². The quantitative estimate of drug-likeness (QED) is 0.257. The lowest BCUT2D eigenvalue weighted by Crippen LogP contribution is -2.31. The number of allylic oxidation sites excluding steroid dienone is 1. The summed E-state index contributed by atoms with van der Waals surface area (Å²) in [6.45, 7) is 5.93. The topological polar surface area (TPSA) is 69.0 Å². The summed E-state index contributed by atoms with van der Waals surface area (Å²) < 4.78 is 7.40. The second-order valence-electron chi connectivity index (χ2n) is 7.63. The molecule has 1 amide bonds. The number of aryl methyl sites for hydroxylation is 1. The van der Waals surface area contributed by atoms with Gasteiger partial charge in [0.05, 0.1) is 23.3 Å². The van der Waals surface area contributed by atoms with Crippen molar-refractivity contribution < 1.29 is 14.4 Å². The highest BCUT2D eigenvalue weighted by molar-refractivity contribution is 6.54. The summed E-state index contributed by atoms with van der Waals surface area (Å²) in [6.07, 6.45) is 4.36. The lowest BCUT2D eigenvalue weighted by atomic mass is 10.1. The smallest absolute Gasteiger partial charge is 0.281 e. The molecule has 32 heavy (non-hydrogen) atoms. The molecule has 1 aromatic heterocycles. The van der Waals surface area contributed by atoms with E-state index in [1.807, 2.05) is 48.5 Å². The maximum Gasteiger partial charge on any atom is 0.281 e. The van der Waals surface area contributed by atoms with Gasteiger partial charge in [-0.05, 0) is 37.5 Å². The first kappa shape index (κ1) is 21.8. The van der Waals surface area contributed by atoms with E-state index in [0.29, 0.717) is 25.5 Å². The van der Waals surface area contributed by atoms with Gasteiger partial charge in [0.25, 0.3) is 5.91 Å². The van der Waals surface area contributed by atoms with E-state index in [1.54, 1.807) is 12.0 Å². The third-order valence-corrected chi connectivity index (χ3v) is 5.46. The number of rotatable bonds is 11. The molecule has 0 N–H and O–H groups in total. The van der Waals surface area contributed by atoms with Gasteiger partial charge in [-0.15, -0.1) is 6.58 Å². The van der Waals surface area contributed by atoms with Gasteiger partial charge < -0.3 is 14.1 Å². The maximum absolute atomic E-state index is 13.3. The SMILES string of the molecule is C=CCCCO/N=C1/C(=O)N(Cc2nc3ccccc3n2CCCOC)c2ccccc21. The number of imidazole rings is 1. The Morgan fingerprint density at radius 3 is 2.75 bits per heavy atom. The molecule has 1 aliphatic rings. The molecule has 166 valence electrons. The number of unbranched alkanes of at least 4 members (excludes halogenated alkanes) is 1. The summed E-state index contributed by atoms with van der Waals surface area (Å²) in [5.41, 5.74) is 3.91. The predicted octanol–water partition coefficient (Wildman–Crippen LogP) is 4.31. The molecular formula is C25H28N4O3. The first-order valence-electron chi connectivity index (χ1n) is 10.9. The van der Waals surface area contributed by atoms with Gasteiger partial charge in [-0.3, -0.25) is 9.69 Å². The van der Waals surface area contributed by atoms with E-state index in [2.05, 4.69) is 22.4 Å². The van der Waals surface area contributed by atoms with Crippen LogP contribution in [-0.2, 0) is 27.5 Å². The zero-order chi connectivity index (χ0) is 22.3. The summed E-state index contributed by atoms with van der Waals surface area (Å²) >= 11 is 0. The summed E-state index contributed by atoms with van der Waals surface area (Å²) in [5.74, 6) is 0.657. The molecule has 7 heteroatoms. The van der Waals surface area contributed by atoms with Gasteiger partial charge >= 0.3 is 0 Å². The van der Waals surface area contributed by atoms with Crippen LogP contribution >= 0.6 is 0 Å². The van der Waals surface area contributed by atoms with Gasteiger partial charge in [-0.2, -0.15) is 0 Å². The number of para-hydroxylation sites is 3. The van der Waals surface area contributed by atoms with Crippen LogP contribution < -0.4 is 4.90 Å². The van der Waals surface area contributed by atoms with Crippen LogP contribution in [-0.4, -0.2) is 41.5 Å².